The first kappa shape index (κ1) is 28.1. The van der Waals surface area contributed by atoms with Gasteiger partial charge in [-0.25, -0.2) is 14.4 Å². The number of likely N-dealkylation sites (N-methyl/N-ethyl adjacent to an activating group) is 1. The first-order valence-corrected chi connectivity index (χ1v) is 13.4. The molecule has 0 unspecified atom stereocenters. The van der Waals surface area contributed by atoms with Crippen LogP contribution in [0, 0.1) is 18.2 Å². The van der Waals surface area contributed by atoms with Gasteiger partial charge in [0.25, 0.3) is 17.4 Å². The van der Waals surface area contributed by atoms with Gasteiger partial charge in [-0.2, -0.15) is 5.10 Å². The highest BCUT2D eigenvalue weighted by molar-refractivity contribution is 6.36. The molecule has 2 amide bonds. The highest BCUT2D eigenvalue weighted by Gasteiger charge is 2.52. The molecule has 216 valence electrons. The molecule has 2 aliphatic heterocycles. The quantitative estimate of drug-likeness (QED) is 0.390. The predicted molar refractivity (Wildman–Crippen MR) is 143 cm³/mol. The molecule has 0 radical (unpaired) electrons. The zero-order valence-electron chi connectivity index (χ0n) is 23.2. The summed E-state index contributed by atoms with van der Waals surface area (Å²) < 4.78 is 16.7. The minimum absolute atomic E-state index is 0.0154. The minimum atomic E-state index is -0.985. The number of fused-ring (bicyclic) bond motifs is 2. The summed E-state index contributed by atoms with van der Waals surface area (Å²) >= 11 is 0. The third-order valence-corrected chi connectivity index (χ3v) is 8.38. The largest absolute Gasteiger partial charge is 0.501 e. The molecule has 1 fully saturated rings. The number of benzene rings is 1. The number of ketones is 1. The fraction of sp³-hybridized carbons (Fsp3) is 0.464. The summed E-state index contributed by atoms with van der Waals surface area (Å²) in [4.78, 5) is 62.3. The average Bonchev–Trinajstić information content (AvgIpc) is 3.36. The van der Waals surface area contributed by atoms with E-state index in [9.17, 15) is 28.7 Å². The number of amides is 2. The standard InChI is InChI=1S/C28H32FN7O5/c1-17-10-18(4-5-19(17)29)12-31-23(39)21-22(38)25(41)36-14-27(13-35-16-30-15-32-35)6-8-28(9-7-27,26(36)33-21)11-20(37)24(40)34(2)3/h4-5,10,15-16,38H,6-9,11-14H2,1-3H3,(H,31,39). The fourth-order valence-corrected chi connectivity index (χ4v) is 6.07. The molecule has 2 bridgehead atoms. The Balaban J connectivity index is 1.54. The number of aromatic nitrogens is 5. The van der Waals surface area contributed by atoms with Crippen LogP contribution in [-0.2, 0) is 34.6 Å². The number of nitrogens with zero attached hydrogens (tertiary/aromatic N) is 6. The molecule has 1 saturated carbocycles. The summed E-state index contributed by atoms with van der Waals surface area (Å²) in [6, 6.07) is 4.41. The number of Topliss-reactive ketones (excluding diaryl/α,β-unsaturated/α-hetero) is 1. The van der Waals surface area contributed by atoms with Gasteiger partial charge >= 0.3 is 0 Å². The molecular weight excluding hydrogens is 533 g/mol. The summed E-state index contributed by atoms with van der Waals surface area (Å²) in [5, 5.41) is 17.8. The Morgan fingerprint density at radius 1 is 1.17 bits per heavy atom. The Bertz CT molecular complexity index is 1570. The lowest BCUT2D eigenvalue weighted by molar-refractivity contribution is -0.144. The minimum Gasteiger partial charge on any atom is -0.501 e. The van der Waals surface area contributed by atoms with Crippen molar-refractivity contribution in [3.8, 4) is 5.75 Å². The third kappa shape index (κ3) is 5.23. The maximum atomic E-state index is 13.7. The second-order valence-electron chi connectivity index (χ2n) is 11.5. The highest BCUT2D eigenvalue weighted by atomic mass is 19.1. The molecule has 3 aliphatic rings. The number of aromatic hydroxyl groups is 1. The van der Waals surface area contributed by atoms with Gasteiger partial charge in [-0.1, -0.05) is 12.1 Å². The molecular formula is C28H32FN7O5. The average molecular weight is 566 g/mol. The Kier molecular flexibility index (Phi) is 7.22. The van der Waals surface area contributed by atoms with E-state index in [1.54, 1.807) is 24.0 Å². The van der Waals surface area contributed by atoms with Crippen molar-refractivity contribution in [2.24, 2.45) is 5.41 Å². The van der Waals surface area contributed by atoms with Gasteiger partial charge in [-0.15, -0.1) is 0 Å². The molecule has 4 heterocycles. The first-order chi connectivity index (χ1) is 19.4. The van der Waals surface area contributed by atoms with Crippen LogP contribution >= 0.6 is 0 Å². The van der Waals surface area contributed by atoms with Crippen LogP contribution in [-0.4, -0.2) is 66.0 Å². The second kappa shape index (κ2) is 10.5. The molecule has 13 heteroatoms. The van der Waals surface area contributed by atoms with Crippen molar-refractivity contribution < 1.29 is 23.9 Å². The molecule has 0 atom stereocenters. The number of carbonyl (C=O) groups excluding carboxylic acids is 3. The summed E-state index contributed by atoms with van der Waals surface area (Å²) in [6.07, 6.45) is 4.93. The van der Waals surface area contributed by atoms with E-state index in [2.05, 4.69) is 20.4 Å². The Labute approximate surface area is 235 Å². The molecule has 6 rings (SSSR count). The number of rotatable bonds is 8. The summed E-state index contributed by atoms with van der Waals surface area (Å²) in [5.74, 6) is -3.03. The number of hydrogen-bond acceptors (Lipinski definition) is 8. The van der Waals surface area contributed by atoms with Gasteiger partial charge < -0.3 is 15.3 Å². The topological polar surface area (TPSA) is 152 Å². The number of aryl methyl sites for hydroxylation is 1. The molecule has 2 aromatic heterocycles. The van der Waals surface area contributed by atoms with Gasteiger partial charge in [0, 0.05) is 44.4 Å². The zero-order valence-corrected chi connectivity index (χ0v) is 23.2. The van der Waals surface area contributed by atoms with Gasteiger partial charge in [0.2, 0.25) is 11.5 Å². The van der Waals surface area contributed by atoms with E-state index in [0.29, 0.717) is 43.4 Å². The van der Waals surface area contributed by atoms with Gasteiger partial charge in [-0.3, -0.25) is 28.4 Å². The predicted octanol–water partition coefficient (Wildman–Crippen LogP) is 1.48. The van der Waals surface area contributed by atoms with Crippen molar-refractivity contribution in [3.05, 3.63) is 69.7 Å². The van der Waals surface area contributed by atoms with Crippen LogP contribution in [0.5, 0.6) is 5.75 Å². The van der Waals surface area contributed by atoms with E-state index >= 15 is 0 Å². The number of hydrogen-bond donors (Lipinski definition) is 2. The molecule has 41 heavy (non-hydrogen) atoms. The van der Waals surface area contributed by atoms with Crippen molar-refractivity contribution in [2.75, 3.05) is 14.1 Å². The van der Waals surface area contributed by atoms with Crippen molar-refractivity contribution >= 4 is 17.6 Å². The van der Waals surface area contributed by atoms with Crippen LogP contribution in [0.4, 0.5) is 4.39 Å². The van der Waals surface area contributed by atoms with Gasteiger partial charge in [0.15, 0.2) is 5.69 Å². The monoisotopic (exact) mass is 565 g/mol. The van der Waals surface area contributed by atoms with E-state index in [0.717, 1.165) is 0 Å². The van der Waals surface area contributed by atoms with E-state index < -0.39 is 45.4 Å². The fourth-order valence-electron chi connectivity index (χ4n) is 6.07. The van der Waals surface area contributed by atoms with Gasteiger partial charge in [0.1, 0.15) is 24.3 Å². The maximum Gasteiger partial charge on any atom is 0.296 e. The summed E-state index contributed by atoms with van der Waals surface area (Å²) in [5.41, 5.74) is -1.64. The lowest BCUT2D eigenvalue weighted by Gasteiger charge is -2.41. The van der Waals surface area contributed by atoms with Crippen LogP contribution in [0.15, 0.2) is 35.6 Å². The lowest BCUT2D eigenvalue weighted by Crippen LogP contribution is -2.42. The van der Waals surface area contributed by atoms with Crippen molar-refractivity contribution in [2.45, 2.75) is 64.1 Å². The van der Waals surface area contributed by atoms with Gasteiger partial charge in [0.05, 0.1) is 6.54 Å². The first-order valence-electron chi connectivity index (χ1n) is 13.4. The normalized spacial score (nSPS) is 21.2. The van der Waals surface area contributed by atoms with Gasteiger partial charge in [-0.05, 0) is 49.8 Å². The van der Waals surface area contributed by atoms with Crippen LogP contribution in [0.25, 0.3) is 0 Å². The Morgan fingerprint density at radius 3 is 2.54 bits per heavy atom. The highest BCUT2D eigenvalue weighted by Crippen LogP contribution is 2.53. The van der Waals surface area contributed by atoms with Crippen LogP contribution < -0.4 is 10.9 Å². The molecule has 3 aromatic rings. The Morgan fingerprint density at radius 2 is 1.90 bits per heavy atom. The lowest BCUT2D eigenvalue weighted by atomic mass is 9.63. The smallest absolute Gasteiger partial charge is 0.296 e. The van der Waals surface area contributed by atoms with E-state index in [-0.39, 0.29) is 31.2 Å². The number of nitrogens with one attached hydrogen (secondary N) is 1. The van der Waals surface area contributed by atoms with Crippen molar-refractivity contribution in [1.29, 1.82) is 0 Å². The number of carbonyl (C=O) groups is 3. The van der Waals surface area contributed by atoms with E-state index in [4.69, 9.17) is 0 Å². The van der Waals surface area contributed by atoms with E-state index in [1.165, 1.54) is 42.0 Å². The molecule has 12 nitrogen and oxygen atoms in total. The zero-order chi connectivity index (χ0) is 29.5. The third-order valence-electron chi connectivity index (χ3n) is 8.38. The Hall–Kier alpha value is -4.42. The summed E-state index contributed by atoms with van der Waals surface area (Å²) in [6.45, 7) is 2.27. The van der Waals surface area contributed by atoms with Crippen LogP contribution in [0.2, 0.25) is 0 Å². The maximum absolute atomic E-state index is 13.7. The van der Waals surface area contributed by atoms with Crippen molar-refractivity contribution in [3.63, 3.8) is 0 Å². The molecule has 0 spiro atoms. The number of halogens is 1. The molecule has 2 N–H and O–H groups in total. The van der Waals surface area contributed by atoms with Crippen molar-refractivity contribution in [1.82, 2.24) is 34.5 Å². The second-order valence-corrected chi connectivity index (χ2v) is 11.5. The summed E-state index contributed by atoms with van der Waals surface area (Å²) in [7, 11) is 2.99. The molecule has 0 saturated heterocycles. The van der Waals surface area contributed by atoms with Crippen LogP contribution in [0.3, 0.4) is 0 Å². The SMILES string of the molecule is Cc1cc(CNC(=O)c2nc3n(c(=O)c2O)CC2(Cn4cncn4)CCC3(CC(=O)C(=O)N(C)C)CC2)ccc1F. The van der Waals surface area contributed by atoms with E-state index in [1.807, 2.05) is 0 Å². The molecule has 1 aliphatic carbocycles. The van der Waals surface area contributed by atoms with Crippen LogP contribution in [0.1, 0.15) is 59.5 Å². The molecule has 1 aromatic carbocycles.